The van der Waals surface area contributed by atoms with Crippen molar-refractivity contribution in [3.63, 3.8) is 0 Å². The molecule has 0 N–H and O–H groups in total. The summed E-state index contributed by atoms with van der Waals surface area (Å²) in [5.41, 5.74) is 0.330. The van der Waals surface area contributed by atoms with Crippen molar-refractivity contribution in [2.24, 2.45) is 0 Å². The molecule has 3 aliphatic rings. The van der Waals surface area contributed by atoms with Crippen LogP contribution < -0.4 is 9.80 Å². The second-order valence-electron chi connectivity index (χ2n) is 9.08. The molecule has 3 aliphatic heterocycles. The van der Waals surface area contributed by atoms with E-state index in [0.717, 1.165) is 51.0 Å². The second kappa shape index (κ2) is 10.4. The highest BCUT2D eigenvalue weighted by Gasteiger charge is 2.26. The summed E-state index contributed by atoms with van der Waals surface area (Å²) in [5, 5.41) is 9.09. The SMILES string of the molecule is O=C(c1ccc(F)cc1Cl)N1CCN(c2ccc(N3CCN(CC4CCCO4)CC3)nn2)CC1. The quantitative estimate of drug-likeness (QED) is 0.640. The minimum absolute atomic E-state index is 0.140. The van der Waals surface area contributed by atoms with Crippen LogP contribution in [-0.4, -0.2) is 97.5 Å². The Kier molecular flexibility index (Phi) is 7.12. The molecule has 0 radical (unpaired) electrons. The van der Waals surface area contributed by atoms with Crippen LogP contribution in [0.25, 0.3) is 0 Å². The highest BCUT2D eigenvalue weighted by Crippen LogP contribution is 2.22. The molecule has 34 heavy (non-hydrogen) atoms. The Balaban J connectivity index is 1.11. The molecule has 0 saturated carbocycles. The standard InChI is InChI=1S/C24H30ClFN6O2/c25-21-16-18(26)3-4-20(21)24(33)32-13-11-31(12-14-32)23-6-5-22(27-28-23)30-9-7-29(8-10-30)17-19-2-1-15-34-19/h3-6,16,19H,1-2,7-15,17H2. The summed E-state index contributed by atoms with van der Waals surface area (Å²) in [6, 6.07) is 7.92. The van der Waals surface area contributed by atoms with Crippen LogP contribution in [0.15, 0.2) is 30.3 Å². The van der Waals surface area contributed by atoms with Gasteiger partial charge < -0.3 is 19.4 Å². The molecule has 1 aromatic heterocycles. The van der Waals surface area contributed by atoms with Gasteiger partial charge in [-0.05, 0) is 43.2 Å². The number of nitrogens with zero attached hydrogens (tertiary/aromatic N) is 6. The van der Waals surface area contributed by atoms with Gasteiger partial charge in [0.25, 0.3) is 5.91 Å². The molecular weight excluding hydrogens is 459 g/mol. The summed E-state index contributed by atoms with van der Waals surface area (Å²) in [4.78, 5) is 21.4. The molecular formula is C24H30ClFN6O2. The Hall–Kier alpha value is -2.49. The molecule has 1 aromatic carbocycles. The predicted octanol–water partition coefficient (Wildman–Crippen LogP) is 2.53. The molecule has 4 heterocycles. The number of rotatable bonds is 5. The molecule has 8 nitrogen and oxygen atoms in total. The van der Waals surface area contributed by atoms with Gasteiger partial charge in [-0.3, -0.25) is 9.69 Å². The first kappa shape index (κ1) is 23.3. The molecule has 10 heteroatoms. The summed E-state index contributed by atoms with van der Waals surface area (Å²) in [5.74, 6) is 1.09. The summed E-state index contributed by atoms with van der Waals surface area (Å²) in [6.07, 6.45) is 2.75. The topological polar surface area (TPSA) is 65.0 Å². The Morgan fingerprint density at radius 3 is 2.18 bits per heavy atom. The minimum atomic E-state index is -0.450. The van der Waals surface area contributed by atoms with Crippen molar-refractivity contribution in [1.29, 1.82) is 0 Å². The zero-order valence-corrected chi connectivity index (χ0v) is 20.0. The smallest absolute Gasteiger partial charge is 0.255 e. The summed E-state index contributed by atoms with van der Waals surface area (Å²) >= 11 is 6.06. The van der Waals surface area contributed by atoms with Crippen molar-refractivity contribution in [2.45, 2.75) is 18.9 Å². The normalized spacial score (nSPS) is 21.8. The maximum Gasteiger partial charge on any atom is 0.255 e. The lowest BCUT2D eigenvalue weighted by atomic mass is 10.1. The van der Waals surface area contributed by atoms with Crippen LogP contribution in [-0.2, 0) is 4.74 Å². The van der Waals surface area contributed by atoms with Gasteiger partial charge in [-0.2, -0.15) is 0 Å². The van der Waals surface area contributed by atoms with E-state index in [2.05, 4.69) is 24.9 Å². The van der Waals surface area contributed by atoms with Crippen LogP contribution in [0.5, 0.6) is 0 Å². The molecule has 3 fully saturated rings. The zero-order chi connectivity index (χ0) is 23.5. The first-order chi connectivity index (χ1) is 16.6. The van der Waals surface area contributed by atoms with Crippen LogP contribution in [0.4, 0.5) is 16.0 Å². The minimum Gasteiger partial charge on any atom is -0.377 e. The number of amides is 1. The Labute approximate surface area is 204 Å². The van der Waals surface area contributed by atoms with Crippen LogP contribution in [0.3, 0.4) is 0 Å². The number of aromatic nitrogens is 2. The first-order valence-corrected chi connectivity index (χ1v) is 12.4. The average molecular weight is 489 g/mol. The highest BCUT2D eigenvalue weighted by atomic mass is 35.5. The molecule has 1 amide bonds. The van der Waals surface area contributed by atoms with Gasteiger partial charge in [0.15, 0.2) is 11.6 Å². The number of ether oxygens (including phenoxy) is 1. The number of hydrogen-bond donors (Lipinski definition) is 0. The number of piperazine rings is 2. The van der Waals surface area contributed by atoms with Crippen molar-refractivity contribution in [3.05, 3.63) is 46.7 Å². The number of benzene rings is 1. The van der Waals surface area contributed by atoms with E-state index in [4.69, 9.17) is 16.3 Å². The third-order valence-corrected chi connectivity index (χ3v) is 7.18. The van der Waals surface area contributed by atoms with E-state index in [1.54, 1.807) is 4.90 Å². The molecule has 3 saturated heterocycles. The van der Waals surface area contributed by atoms with Crippen molar-refractivity contribution in [1.82, 2.24) is 20.0 Å². The number of anilines is 2. The van der Waals surface area contributed by atoms with E-state index >= 15 is 0 Å². The average Bonchev–Trinajstić information content (AvgIpc) is 3.38. The largest absolute Gasteiger partial charge is 0.377 e. The van der Waals surface area contributed by atoms with Gasteiger partial charge in [0.05, 0.1) is 16.7 Å². The summed E-state index contributed by atoms with van der Waals surface area (Å²) in [6.45, 7) is 8.22. The van der Waals surface area contributed by atoms with Gasteiger partial charge in [0.1, 0.15) is 5.82 Å². The van der Waals surface area contributed by atoms with E-state index in [-0.39, 0.29) is 10.9 Å². The Morgan fingerprint density at radius 2 is 1.62 bits per heavy atom. The molecule has 5 rings (SSSR count). The van der Waals surface area contributed by atoms with Crippen LogP contribution >= 0.6 is 11.6 Å². The van der Waals surface area contributed by atoms with E-state index in [1.807, 2.05) is 12.1 Å². The van der Waals surface area contributed by atoms with Crippen molar-refractivity contribution < 1.29 is 13.9 Å². The summed E-state index contributed by atoms with van der Waals surface area (Å²) < 4.78 is 19.1. The maximum atomic E-state index is 13.3. The molecule has 1 atom stereocenters. The molecule has 0 aliphatic carbocycles. The molecule has 182 valence electrons. The van der Waals surface area contributed by atoms with E-state index in [0.29, 0.717) is 37.8 Å². The highest BCUT2D eigenvalue weighted by molar-refractivity contribution is 6.33. The van der Waals surface area contributed by atoms with Gasteiger partial charge in [0, 0.05) is 65.5 Å². The van der Waals surface area contributed by atoms with Crippen LogP contribution in [0.2, 0.25) is 5.02 Å². The third-order valence-electron chi connectivity index (χ3n) is 6.87. The molecule has 1 unspecified atom stereocenters. The van der Waals surface area contributed by atoms with E-state index in [9.17, 15) is 9.18 Å². The lowest BCUT2D eigenvalue weighted by Gasteiger charge is -2.37. The third kappa shape index (κ3) is 5.26. The van der Waals surface area contributed by atoms with Gasteiger partial charge in [-0.25, -0.2) is 4.39 Å². The fourth-order valence-electron chi connectivity index (χ4n) is 4.86. The fraction of sp³-hybridized carbons (Fsp3) is 0.542. The number of halogens is 2. The fourth-order valence-corrected chi connectivity index (χ4v) is 5.11. The monoisotopic (exact) mass is 488 g/mol. The van der Waals surface area contributed by atoms with Crippen molar-refractivity contribution in [3.8, 4) is 0 Å². The van der Waals surface area contributed by atoms with Gasteiger partial charge in [-0.1, -0.05) is 11.6 Å². The predicted molar refractivity (Wildman–Crippen MR) is 129 cm³/mol. The lowest BCUT2D eigenvalue weighted by molar-refractivity contribution is 0.0712. The Bertz CT molecular complexity index is 987. The summed E-state index contributed by atoms with van der Waals surface area (Å²) in [7, 11) is 0. The van der Waals surface area contributed by atoms with Crippen molar-refractivity contribution >= 4 is 29.1 Å². The first-order valence-electron chi connectivity index (χ1n) is 12.0. The van der Waals surface area contributed by atoms with E-state index < -0.39 is 5.82 Å². The maximum absolute atomic E-state index is 13.3. The number of carbonyl (C=O) groups excluding carboxylic acids is 1. The van der Waals surface area contributed by atoms with Crippen LogP contribution in [0.1, 0.15) is 23.2 Å². The second-order valence-corrected chi connectivity index (χ2v) is 9.48. The molecule has 0 bridgehead atoms. The van der Waals surface area contributed by atoms with Gasteiger partial charge in [0.2, 0.25) is 0 Å². The zero-order valence-electron chi connectivity index (χ0n) is 19.2. The molecule has 0 spiro atoms. The van der Waals surface area contributed by atoms with Gasteiger partial charge in [-0.15, -0.1) is 10.2 Å². The number of carbonyl (C=O) groups is 1. The Morgan fingerprint density at radius 1 is 0.971 bits per heavy atom. The lowest BCUT2D eigenvalue weighted by Crippen LogP contribution is -2.49. The van der Waals surface area contributed by atoms with Crippen LogP contribution in [0, 0.1) is 5.82 Å². The molecule has 2 aromatic rings. The van der Waals surface area contributed by atoms with E-state index in [1.165, 1.54) is 31.0 Å². The number of hydrogen-bond acceptors (Lipinski definition) is 7. The van der Waals surface area contributed by atoms with Crippen molar-refractivity contribution in [2.75, 3.05) is 75.3 Å². The van der Waals surface area contributed by atoms with Gasteiger partial charge >= 0.3 is 0 Å².